The molecule has 0 amide bonds. The molecule has 1 atom stereocenters. The predicted octanol–water partition coefficient (Wildman–Crippen LogP) is 1.73. The number of rotatable bonds is 0. The van der Waals surface area contributed by atoms with E-state index in [9.17, 15) is 0 Å². The van der Waals surface area contributed by atoms with Gasteiger partial charge in [0.25, 0.3) is 0 Å². The first-order chi connectivity index (χ1) is 5.47. The fourth-order valence-corrected chi connectivity index (χ4v) is 1.09. The topological polar surface area (TPSA) is 36.8 Å². The maximum absolute atomic E-state index is 3.98. The number of allylic oxidation sites excluding steroid dienone is 4. The second kappa shape index (κ2) is 2.70. The van der Waals surface area contributed by atoms with Crippen LogP contribution < -0.4 is 5.43 Å². The number of hydrogen-bond acceptors (Lipinski definition) is 3. The van der Waals surface area contributed by atoms with Crippen LogP contribution in [-0.2, 0) is 0 Å². The van der Waals surface area contributed by atoms with Crippen LogP contribution in [0.25, 0.3) is 0 Å². The van der Waals surface area contributed by atoms with Gasteiger partial charge in [0.2, 0.25) is 0 Å². The van der Waals surface area contributed by atoms with Crippen molar-refractivity contribution >= 4 is 0 Å². The lowest BCUT2D eigenvalue weighted by atomic mass is 10.1. The smallest absolute Gasteiger partial charge is 0.132 e. The molecule has 1 aliphatic heterocycles. The van der Waals surface area contributed by atoms with Crippen molar-refractivity contribution < 1.29 is 0 Å². The molecular weight excluding hydrogens is 138 g/mol. The molecule has 0 spiro atoms. The lowest BCUT2D eigenvalue weighted by molar-refractivity contribution is 0.907. The van der Waals surface area contributed by atoms with Crippen LogP contribution in [0.15, 0.2) is 46.4 Å². The highest BCUT2D eigenvalue weighted by molar-refractivity contribution is 5.25. The highest BCUT2D eigenvalue weighted by Crippen LogP contribution is 2.14. The Bertz CT molecular complexity index is 261. The van der Waals surface area contributed by atoms with Crippen molar-refractivity contribution in [2.24, 2.45) is 10.3 Å². The molecule has 0 saturated carbocycles. The van der Waals surface area contributed by atoms with Crippen molar-refractivity contribution in [3.05, 3.63) is 36.1 Å². The van der Waals surface area contributed by atoms with Crippen LogP contribution in [0.5, 0.6) is 0 Å². The molecule has 1 aliphatic carbocycles. The first kappa shape index (κ1) is 6.34. The molecule has 3 heteroatoms. The number of nitrogens with zero attached hydrogens (tertiary/aromatic N) is 2. The van der Waals surface area contributed by atoms with Crippen LogP contribution in [0, 0.1) is 0 Å². The molecule has 1 heterocycles. The van der Waals surface area contributed by atoms with E-state index in [1.807, 2.05) is 12.2 Å². The summed E-state index contributed by atoms with van der Waals surface area (Å²) in [5, 5.41) is 7.72. The SMILES string of the molecule is C1=CC2N=NN/C2=C/C=C\C1. The van der Waals surface area contributed by atoms with E-state index >= 15 is 0 Å². The van der Waals surface area contributed by atoms with E-state index in [1.165, 1.54) is 0 Å². The summed E-state index contributed by atoms with van der Waals surface area (Å²) in [7, 11) is 0. The molecule has 0 bridgehead atoms. The van der Waals surface area contributed by atoms with Crippen molar-refractivity contribution in [2.45, 2.75) is 12.5 Å². The predicted molar refractivity (Wildman–Crippen MR) is 42.8 cm³/mol. The fourth-order valence-electron chi connectivity index (χ4n) is 1.09. The van der Waals surface area contributed by atoms with Crippen LogP contribution in [0.1, 0.15) is 6.42 Å². The summed E-state index contributed by atoms with van der Waals surface area (Å²) < 4.78 is 0. The van der Waals surface area contributed by atoms with Gasteiger partial charge in [0.15, 0.2) is 0 Å². The Kier molecular flexibility index (Phi) is 1.55. The second-order valence-corrected chi connectivity index (χ2v) is 2.49. The Labute approximate surface area is 65.2 Å². The third-order valence-electron chi connectivity index (χ3n) is 1.68. The number of fused-ring (bicyclic) bond motifs is 1. The van der Waals surface area contributed by atoms with Crippen molar-refractivity contribution in [3.63, 3.8) is 0 Å². The Balaban J connectivity index is 2.29. The van der Waals surface area contributed by atoms with Gasteiger partial charge in [0.1, 0.15) is 6.04 Å². The summed E-state index contributed by atoms with van der Waals surface area (Å²) in [5.41, 5.74) is 3.90. The minimum absolute atomic E-state index is 0.125. The molecule has 1 unspecified atom stereocenters. The van der Waals surface area contributed by atoms with Gasteiger partial charge < -0.3 is 0 Å². The third kappa shape index (κ3) is 1.22. The van der Waals surface area contributed by atoms with E-state index in [2.05, 4.69) is 34.0 Å². The fraction of sp³-hybridized carbons (Fsp3) is 0.250. The van der Waals surface area contributed by atoms with E-state index < -0.39 is 0 Å². The van der Waals surface area contributed by atoms with Crippen LogP contribution in [-0.4, -0.2) is 6.04 Å². The van der Waals surface area contributed by atoms with Crippen LogP contribution in [0.2, 0.25) is 0 Å². The Morgan fingerprint density at radius 3 is 3.45 bits per heavy atom. The van der Waals surface area contributed by atoms with Crippen molar-refractivity contribution in [1.82, 2.24) is 5.43 Å². The van der Waals surface area contributed by atoms with Gasteiger partial charge >= 0.3 is 0 Å². The summed E-state index contributed by atoms with van der Waals surface area (Å²) in [6.45, 7) is 0. The molecule has 2 rings (SSSR count). The lowest BCUT2D eigenvalue weighted by Crippen LogP contribution is -2.08. The molecule has 3 nitrogen and oxygen atoms in total. The molecule has 0 aromatic heterocycles. The van der Waals surface area contributed by atoms with Crippen LogP contribution in [0.4, 0.5) is 0 Å². The zero-order valence-corrected chi connectivity index (χ0v) is 6.07. The first-order valence-corrected chi connectivity index (χ1v) is 3.66. The summed E-state index contributed by atoms with van der Waals surface area (Å²) in [4.78, 5) is 0. The van der Waals surface area contributed by atoms with E-state index in [-0.39, 0.29) is 6.04 Å². The quantitative estimate of drug-likeness (QED) is 0.520. The highest BCUT2D eigenvalue weighted by Gasteiger charge is 2.14. The molecule has 2 aliphatic rings. The minimum atomic E-state index is 0.125. The van der Waals surface area contributed by atoms with Gasteiger partial charge in [0, 0.05) is 0 Å². The monoisotopic (exact) mass is 147 g/mol. The molecule has 11 heavy (non-hydrogen) atoms. The van der Waals surface area contributed by atoms with Crippen molar-refractivity contribution in [1.29, 1.82) is 0 Å². The highest BCUT2D eigenvalue weighted by atomic mass is 15.5. The van der Waals surface area contributed by atoms with Gasteiger partial charge in [-0.25, -0.2) is 0 Å². The third-order valence-corrected chi connectivity index (χ3v) is 1.68. The minimum Gasteiger partial charge on any atom is -0.262 e. The Morgan fingerprint density at radius 1 is 1.45 bits per heavy atom. The number of nitrogens with one attached hydrogen (secondary N) is 1. The van der Waals surface area contributed by atoms with Crippen molar-refractivity contribution in [2.75, 3.05) is 0 Å². The van der Waals surface area contributed by atoms with E-state index in [1.54, 1.807) is 0 Å². The normalized spacial score (nSPS) is 34.5. The van der Waals surface area contributed by atoms with Crippen LogP contribution in [0.3, 0.4) is 0 Å². The van der Waals surface area contributed by atoms with Gasteiger partial charge in [-0.2, -0.15) is 5.11 Å². The summed E-state index contributed by atoms with van der Waals surface area (Å²) in [6, 6.07) is 0.125. The lowest BCUT2D eigenvalue weighted by Gasteiger charge is -2.01. The van der Waals surface area contributed by atoms with Gasteiger partial charge in [-0.1, -0.05) is 29.5 Å². The van der Waals surface area contributed by atoms with Crippen molar-refractivity contribution in [3.8, 4) is 0 Å². The maximum Gasteiger partial charge on any atom is 0.132 e. The molecular formula is C8H9N3. The van der Waals surface area contributed by atoms with Gasteiger partial charge in [0.05, 0.1) is 5.70 Å². The molecule has 0 aromatic rings. The second-order valence-electron chi connectivity index (χ2n) is 2.49. The summed E-state index contributed by atoms with van der Waals surface area (Å²) in [6.07, 6.45) is 11.3. The van der Waals surface area contributed by atoms with E-state index in [4.69, 9.17) is 0 Å². The average Bonchev–Trinajstić information content (AvgIpc) is 2.35. The van der Waals surface area contributed by atoms with Gasteiger partial charge in [-0.15, -0.1) is 0 Å². The number of hydrogen-bond donors (Lipinski definition) is 1. The van der Waals surface area contributed by atoms with E-state index in [0.717, 1.165) is 12.1 Å². The Hall–Kier alpha value is -1.38. The Morgan fingerprint density at radius 2 is 2.45 bits per heavy atom. The zero-order chi connectivity index (χ0) is 7.52. The first-order valence-electron chi connectivity index (χ1n) is 3.66. The van der Waals surface area contributed by atoms with E-state index in [0.29, 0.717) is 0 Å². The van der Waals surface area contributed by atoms with Gasteiger partial charge in [-0.3, -0.25) is 5.43 Å². The molecule has 0 aromatic carbocycles. The largest absolute Gasteiger partial charge is 0.262 e. The van der Waals surface area contributed by atoms with Gasteiger partial charge in [-0.05, 0) is 12.5 Å². The summed E-state index contributed by atoms with van der Waals surface area (Å²) >= 11 is 0. The standard InChI is InChI=1S/C8H9N3/c1-2-4-6-8-7(5-3-1)9-11-10-8/h1,3-6,8H,2H2,(H,9,10)/b3-1-,6-4?,7-5+. The average molecular weight is 147 g/mol. The van der Waals surface area contributed by atoms with Crippen LogP contribution >= 0.6 is 0 Å². The molecule has 0 fully saturated rings. The molecule has 1 N–H and O–H groups in total. The molecule has 0 radical (unpaired) electrons. The molecule has 0 saturated heterocycles. The summed E-state index contributed by atoms with van der Waals surface area (Å²) in [5.74, 6) is 0. The maximum atomic E-state index is 3.98. The zero-order valence-electron chi connectivity index (χ0n) is 6.07. The molecule has 56 valence electrons.